The molecule has 1 aromatic carbocycles. The smallest absolute Gasteiger partial charge is 0.200 e. The standard InChI is InChI=1S/C6HF5.C2H6O/c7-2-1-3(8)5(10)6(11)4(2)9;1-3-2/h1H;1-2H3. The summed E-state index contributed by atoms with van der Waals surface area (Å²) in [6.07, 6.45) is 0. The maximum Gasteiger partial charge on any atom is 0.200 e. The van der Waals surface area contributed by atoms with Gasteiger partial charge in [0.2, 0.25) is 5.82 Å². The van der Waals surface area contributed by atoms with E-state index in [1.165, 1.54) is 0 Å². The van der Waals surface area contributed by atoms with Crippen LogP contribution in [-0.4, -0.2) is 14.2 Å². The number of hydrogen-bond acceptors (Lipinski definition) is 1. The molecule has 0 atom stereocenters. The minimum atomic E-state index is -2.14. The summed E-state index contributed by atoms with van der Waals surface area (Å²) in [4.78, 5) is 0. The minimum Gasteiger partial charge on any atom is -0.388 e. The monoisotopic (exact) mass is 214 g/mol. The predicted octanol–water partition coefficient (Wildman–Crippen LogP) is 2.64. The Morgan fingerprint density at radius 2 is 1.07 bits per heavy atom. The lowest BCUT2D eigenvalue weighted by atomic mass is 10.3. The number of methoxy groups -OCH3 is 1. The molecule has 0 radical (unpaired) electrons. The molecule has 0 aliphatic heterocycles. The van der Waals surface area contributed by atoms with Crippen molar-refractivity contribution in [3.63, 3.8) is 0 Å². The van der Waals surface area contributed by atoms with Gasteiger partial charge in [-0.3, -0.25) is 0 Å². The van der Waals surface area contributed by atoms with Crippen LogP contribution in [-0.2, 0) is 4.74 Å². The molecule has 0 fully saturated rings. The molecule has 0 N–H and O–H groups in total. The molecule has 14 heavy (non-hydrogen) atoms. The molecule has 1 rings (SSSR count). The van der Waals surface area contributed by atoms with Crippen LogP contribution in [0.1, 0.15) is 0 Å². The zero-order valence-electron chi connectivity index (χ0n) is 7.38. The lowest BCUT2D eigenvalue weighted by molar-refractivity contribution is 0.277. The molecule has 0 heterocycles. The Morgan fingerprint density at radius 1 is 0.786 bits per heavy atom. The third-order valence-corrected chi connectivity index (χ3v) is 1.06. The van der Waals surface area contributed by atoms with E-state index in [1.807, 2.05) is 0 Å². The van der Waals surface area contributed by atoms with Crippen LogP contribution in [0.5, 0.6) is 0 Å². The maximum atomic E-state index is 12.0. The second-order valence-electron chi connectivity index (χ2n) is 2.19. The van der Waals surface area contributed by atoms with Gasteiger partial charge in [-0.25, -0.2) is 22.0 Å². The van der Waals surface area contributed by atoms with Gasteiger partial charge in [0, 0.05) is 20.3 Å². The van der Waals surface area contributed by atoms with Gasteiger partial charge < -0.3 is 4.74 Å². The number of hydrogen-bond donors (Lipinski definition) is 0. The fourth-order valence-corrected chi connectivity index (χ4v) is 0.544. The van der Waals surface area contributed by atoms with Crippen molar-refractivity contribution >= 4 is 0 Å². The Kier molecular flexibility index (Phi) is 5.07. The minimum absolute atomic E-state index is 0.0618. The Bertz CT molecular complexity index is 287. The summed E-state index contributed by atoms with van der Waals surface area (Å²) in [5, 5.41) is 0. The predicted molar refractivity (Wildman–Crippen MR) is 39.2 cm³/mol. The van der Waals surface area contributed by atoms with E-state index in [9.17, 15) is 22.0 Å². The first kappa shape index (κ1) is 12.8. The highest BCUT2D eigenvalue weighted by Gasteiger charge is 2.18. The second-order valence-corrected chi connectivity index (χ2v) is 2.19. The molecule has 1 nitrogen and oxygen atoms in total. The van der Waals surface area contributed by atoms with Crippen molar-refractivity contribution in [2.24, 2.45) is 0 Å². The summed E-state index contributed by atoms with van der Waals surface area (Å²) >= 11 is 0. The van der Waals surface area contributed by atoms with Crippen molar-refractivity contribution in [1.82, 2.24) is 0 Å². The number of halogens is 5. The van der Waals surface area contributed by atoms with E-state index in [1.54, 1.807) is 14.2 Å². The molecule has 0 amide bonds. The number of benzene rings is 1. The fourth-order valence-electron chi connectivity index (χ4n) is 0.544. The Labute approximate surface area is 77.1 Å². The number of rotatable bonds is 0. The molecule has 0 bridgehead atoms. The molecular formula is C8H7F5O. The normalized spacial score (nSPS) is 9.36. The molecule has 1 aromatic rings. The van der Waals surface area contributed by atoms with Crippen LogP contribution in [0, 0.1) is 29.1 Å². The highest BCUT2D eigenvalue weighted by atomic mass is 19.2. The van der Waals surface area contributed by atoms with Gasteiger partial charge in [-0.2, -0.15) is 0 Å². The van der Waals surface area contributed by atoms with Crippen molar-refractivity contribution in [2.75, 3.05) is 14.2 Å². The third kappa shape index (κ3) is 2.95. The summed E-state index contributed by atoms with van der Waals surface area (Å²) in [5.41, 5.74) is 0. The lowest BCUT2D eigenvalue weighted by Crippen LogP contribution is -1.98. The van der Waals surface area contributed by atoms with Gasteiger partial charge in [0.15, 0.2) is 23.3 Å². The fraction of sp³-hybridized carbons (Fsp3) is 0.250. The van der Waals surface area contributed by atoms with Crippen LogP contribution in [0.15, 0.2) is 6.07 Å². The average molecular weight is 214 g/mol. The maximum absolute atomic E-state index is 12.0. The van der Waals surface area contributed by atoms with Crippen LogP contribution < -0.4 is 0 Å². The van der Waals surface area contributed by atoms with E-state index in [2.05, 4.69) is 4.74 Å². The van der Waals surface area contributed by atoms with Crippen LogP contribution in [0.2, 0.25) is 0 Å². The summed E-state index contributed by atoms with van der Waals surface area (Å²) in [6.45, 7) is 0. The molecule has 80 valence electrons. The van der Waals surface area contributed by atoms with E-state index in [0.717, 1.165) is 0 Å². The largest absolute Gasteiger partial charge is 0.388 e. The van der Waals surface area contributed by atoms with E-state index < -0.39 is 29.1 Å². The average Bonchev–Trinajstić information content (AvgIpc) is 2.13. The van der Waals surface area contributed by atoms with Gasteiger partial charge in [0.05, 0.1) is 0 Å². The van der Waals surface area contributed by atoms with E-state index in [0.29, 0.717) is 0 Å². The molecule has 6 heteroatoms. The molecule has 0 spiro atoms. The molecule has 0 unspecified atom stereocenters. The SMILES string of the molecule is COC.Fc1cc(F)c(F)c(F)c1F. The van der Waals surface area contributed by atoms with Gasteiger partial charge in [-0.05, 0) is 0 Å². The van der Waals surface area contributed by atoms with Gasteiger partial charge in [0.1, 0.15) is 0 Å². The molecule has 0 aliphatic rings. The van der Waals surface area contributed by atoms with Crippen molar-refractivity contribution in [3.05, 3.63) is 35.2 Å². The first-order valence-electron chi connectivity index (χ1n) is 3.34. The first-order chi connectivity index (χ1) is 6.45. The van der Waals surface area contributed by atoms with Crippen LogP contribution >= 0.6 is 0 Å². The van der Waals surface area contributed by atoms with Crippen LogP contribution in [0.3, 0.4) is 0 Å². The Morgan fingerprint density at radius 3 is 1.36 bits per heavy atom. The van der Waals surface area contributed by atoms with Crippen molar-refractivity contribution in [3.8, 4) is 0 Å². The quantitative estimate of drug-likeness (QED) is 0.366. The topological polar surface area (TPSA) is 9.23 Å². The molecule has 0 saturated carbocycles. The molecule has 0 aromatic heterocycles. The zero-order chi connectivity index (χ0) is 11.3. The van der Waals surface area contributed by atoms with Crippen LogP contribution in [0.25, 0.3) is 0 Å². The van der Waals surface area contributed by atoms with Gasteiger partial charge >= 0.3 is 0 Å². The van der Waals surface area contributed by atoms with Crippen molar-refractivity contribution in [2.45, 2.75) is 0 Å². The zero-order valence-corrected chi connectivity index (χ0v) is 7.38. The van der Waals surface area contributed by atoms with E-state index in [-0.39, 0.29) is 6.07 Å². The third-order valence-electron chi connectivity index (χ3n) is 1.06. The Hall–Kier alpha value is -1.17. The number of ether oxygens (including phenoxy) is 1. The van der Waals surface area contributed by atoms with Gasteiger partial charge in [0.25, 0.3) is 0 Å². The summed E-state index contributed by atoms with van der Waals surface area (Å²) in [6, 6.07) is -0.0618. The van der Waals surface area contributed by atoms with E-state index >= 15 is 0 Å². The van der Waals surface area contributed by atoms with E-state index in [4.69, 9.17) is 0 Å². The van der Waals surface area contributed by atoms with Crippen molar-refractivity contribution in [1.29, 1.82) is 0 Å². The molecular weight excluding hydrogens is 207 g/mol. The highest BCUT2D eigenvalue weighted by Crippen LogP contribution is 2.16. The first-order valence-corrected chi connectivity index (χ1v) is 3.34. The van der Waals surface area contributed by atoms with Gasteiger partial charge in [-0.15, -0.1) is 0 Å². The summed E-state index contributed by atoms with van der Waals surface area (Å²) in [5.74, 6) is -9.65. The highest BCUT2D eigenvalue weighted by molar-refractivity contribution is 5.12. The molecule has 0 saturated heterocycles. The van der Waals surface area contributed by atoms with Crippen molar-refractivity contribution < 1.29 is 26.7 Å². The summed E-state index contributed by atoms with van der Waals surface area (Å²) in [7, 11) is 3.25. The van der Waals surface area contributed by atoms with Crippen LogP contribution in [0.4, 0.5) is 22.0 Å². The Balaban J connectivity index is 0.000000500. The second kappa shape index (κ2) is 5.54. The summed E-state index contributed by atoms with van der Waals surface area (Å²) < 4.78 is 64.3. The lowest BCUT2D eigenvalue weighted by Gasteiger charge is -1.96. The molecule has 0 aliphatic carbocycles. The van der Waals surface area contributed by atoms with Gasteiger partial charge in [-0.1, -0.05) is 0 Å².